The number of thiophene rings is 1. The molecule has 0 amide bonds. The highest BCUT2D eigenvalue weighted by Gasteiger charge is 2.33. The van der Waals surface area contributed by atoms with Crippen molar-refractivity contribution < 1.29 is 0 Å². The monoisotopic (exact) mass is 278 g/mol. The van der Waals surface area contributed by atoms with Crippen molar-refractivity contribution in [1.82, 2.24) is 10.2 Å². The van der Waals surface area contributed by atoms with Gasteiger partial charge >= 0.3 is 0 Å². The zero-order chi connectivity index (χ0) is 13.2. The van der Waals surface area contributed by atoms with E-state index in [1.54, 1.807) is 4.88 Å². The Bertz CT molecular complexity index is 411. The van der Waals surface area contributed by atoms with Crippen LogP contribution < -0.4 is 5.32 Å². The zero-order valence-electron chi connectivity index (χ0n) is 12.2. The molecule has 3 heteroatoms. The minimum Gasteiger partial charge on any atom is -0.312 e. The van der Waals surface area contributed by atoms with Gasteiger partial charge in [0.2, 0.25) is 0 Å². The molecule has 2 atom stereocenters. The summed E-state index contributed by atoms with van der Waals surface area (Å²) in [5.41, 5.74) is 0. The summed E-state index contributed by atoms with van der Waals surface area (Å²) < 4.78 is 0. The van der Waals surface area contributed by atoms with Crippen molar-refractivity contribution in [2.24, 2.45) is 5.92 Å². The molecule has 1 N–H and O–H groups in total. The third-order valence-corrected chi connectivity index (χ3v) is 5.59. The summed E-state index contributed by atoms with van der Waals surface area (Å²) >= 11 is 1.96. The Morgan fingerprint density at radius 3 is 2.95 bits per heavy atom. The van der Waals surface area contributed by atoms with E-state index in [-0.39, 0.29) is 0 Å². The van der Waals surface area contributed by atoms with Crippen molar-refractivity contribution in [2.75, 3.05) is 19.6 Å². The Labute approximate surface area is 121 Å². The average molecular weight is 278 g/mol. The second-order valence-electron chi connectivity index (χ2n) is 6.31. The third-order valence-electron chi connectivity index (χ3n) is 4.57. The van der Waals surface area contributed by atoms with Gasteiger partial charge in [0.1, 0.15) is 0 Å². The largest absolute Gasteiger partial charge is 0.312 e. The van der Waals surface area contributed by atoms with Crippen molar-refractivity contribution in [3.8, 4) is 0 Å². The molecule has 3 rings (SSSR count). The van der Waals surface area contributed by atoms with Crippen LogP contribution in [0.25, 0.3) is 0 Å². The van der Waals surface area contributed by atoms with E-state index in [1.165, 1.54) is 50.2 Å². The van der Waals surface area contributed by atoms with Gasteiger partial charge in [-0.05, 0) is 70.7 Å². The molecule has 1 aliphatic carbocycles. The van der Waals surface area contributed by atoms with E-state index in [0.29, 0.717) is 6.04 Å². The first-order chi connectivity index (χ1) is 9.22. The van der Waals surface area contributed by atoms with Gasteiger partial charge in [-0.25, -0.2) is 0 Å². The standard InChI is InChI=1S/C16H26N2S/c1-12(10-15-7-4-13(2)19-15)18-9-3-8-17-16(11-18)14-5-6-14/h4,7,12,14,16-17H,3,5-6,8-11H2,1-2H3. The maximum absolute atomic E-state index is 3.76. The Morgan fingerprint density at radius 1 is 1.42 bits per heavy atom. The molecule has 1 aromatic rings. The van der Waals surface area contributed by atoms with Crippen molar-refractivity contribution in [3.05, 3.63) is 21.9 Å². The van der Waals surface area contributed by atoms with Crippen LogP contribution in [0.3, 0.4) is 0 Å². The number of nitrogens with zero attached hydrogens (tertiary/aromatic N) is 1. The summed E-state index contributed by atoms with van der Waals surface area (Å²) in [7, 11) is 0. The van der Waals surface area contributed by atoms with Crippen LogP contribution in [0.2, 0.25) is 0 Å². The van der Waals surface area contributed by atoms with Crippen LogP contribution in [-0.4, -0.2) is 36.6 Å². The van der Waals surface area contributed by atoms with Gasteiger partial charge in [0.05, 0.1) is 0 Å². The third kappa shape index (κ3) is 3.59. The van der Waals surface area contributed by atoms with E-state index in [1.807, 2.05) is 11.3 Å². The predicted octanol–water partition coefficient (Wildman–Crippen LogP) is 3.06. The summed E-state index contributed by atoms with van der Waals surface area (Å²) in [4.78, 5) is 5.71. The van der Waals surface area contributed by atoms with Gasteiger partial charge in [0, 0.05) is 28.4 Å². The van der Waals surface area contributed by atoms with Gasteiger partial charge in [-0.15, -0.1) is 11.3 Å². The molecule has 0 radical (unpaired) electrons. The van der Waals surface area contributed by atoms with Gasteiger partial charge in [-0.1, -0.05) is 0 Å². The normalized spacial score (nSPS) is 27.2. The second kappa shape index (κ2) is 5.94. The lowest BCUT2D eigenvalue weighted by atomic mass is 10.1. The minimum absolute atomic E-state index is 0.680. The SMILES string of the molecule is Cc1ccc(CC(C)N2CCCNC(C3CC3)C2)s1. The fourth-order valence-corrected chi connectivity index (χ4v) is 4.22. The van der Waals surface area contributed by atoms with Crippen molar-refractivity contribution >= 4 is 11.3 Å². The Kier molecular flexibility index (Phi) is 4.25. The number of nitrogens with one attached hydrogen (secondary N) is 1. The van der Waals surface area contributed by atoms with Crippen LogP contribution in [0.5, 0.6) is 0 Å². The molecule has 2 aliphatic rings. The average Bonchev–Trinajstić information content (AvgIpc) is 3.17. The molecule has 2 unspecified atom stereocenters. The maximum atomic E-state index is 3.76. The van der Waals surface area contributed by atoms with E-state index in [2.05, 4.69) is 36.2 Å². The molecular weight excluding hydrogens is 252 g/mol. The van der Waals surface area contributed by atoms with Crippen LogP contribution in [0.1, 0.15) is 35.9 Å². The lowest BCUT2D eigenvalue weighted by Crippen LogP contribution is -2.43. The first kappa shape index (κ1) is 13.6. The summed E-state index contributed by atoms with van der Waals surface area (Å²) in [5, 5.41) is 3.76. The van der Waals surface area contributed by atoms with E-state index in [4.69, 9.17) is 0 Å². The number of hydrogen-bond acceptors (Lipinski definition) is 3. The second-order valence-corrected chi connectivity index (χ2v) is 7.68. The van der Waals surface area contributed by atoms with Crippen LogP contribution in [-0.2, 0) is 6.42 Å². The number of aryl methyl sites for hydroxylation is 1. The van der Waals surface area contributed by atoms with Crippen molar-refractivity contribution in [2.45, 2.75) is 51.6 Å². The topological polar surface area (TPSA) is 15.3 Å². The summed E-state index contributed by atoms with van der Waals surface area (Å²) in [5.74, 6) is 0.969. The summed E-state index contributed by atoms with van der Waals surface area (Å²) in [6, 6.07) is 6.00. The predicted molar refractivity (Wildman–Crippen MR) is 82.9 cm³/mol. The molecule has 1 saturated heterocycles. The molecule has 106 valence electrons. The van der Waals surface area contributed by atoms with Crippen molar-refractivity contribution in [3.63, 3.8) is 0 Å². The molecule has 0 spiro atoms. The van der Waals surface area contributed by atoms with Crippen LogP contribution in [0.4, 0.5) is 0 Å². The highest BCUT2D eigenvalue weighted by Crippen LogP contribution is 2.34. The molecule has 2 nitrogen and oxygen atoms in total. The maximum Gasteiger partial charge on any atom is 0.0223 e. The summed E-state index contributed by atoms with van der Waals surface area (Å²) in [6.45, 7) is 8.35. The molecule has 1 saturated carbocycles. The molecular formula is C16H26N2S. The molecule has 0 aromatic carbocycles. The molecule has 1 aromatic heterocycles. The van der Waals surface area contributed by atoms with Crippen molar-refractivity contribution in [1.29, 1.82) is 0 Å². The quantitative estimate of drug-likeness (QED) is 0.910. The summed E-state index contributed by atoms with van der Waals surface area (Å²) in [6.07, 6.45) is 5.42. The Balaban J connectivity index is 1.59. The van der Waals surface area contributed by atoms with E-state index in [9.17, 15) is 0 Å². The van der Waals surface area contributed by atoms with Crippen LogP contribution >= 0.6 is 11.3 Å². The van der Waals surface area contributed by atoms with Crippen LogP contribution in [0.15, 0.2) is 12.1 Å². The molecule has 0 bridgehead atoms. The van der Waals surface area contributed by atoms with Crippen LogP contribution in [0, 0.1) is 12.8 Å². The van der Waals surface area contributed by atoms with Gasteiger partial charge in [0.25, 0.3) is 0 Å². The molecule has 19 heavy (non-hydrogen) atoms. The van der Waals surface area contributed by atoms with E-state index >= 15 is 0 Å². The molecule has 2 heterocycles. The van der Waals surface area contributed by atoms with Gasteiger partial charge in [-0.3, -0.25) is 4.90 Å². The van der Waals surface area contributed by atoms with Gasteiger partial charge in [0.15, 0.2) is 0 Å². The number of hydrogen-bond donors (Lipinski definition) is 1. The van der Waals surface area contributed by atoms with Gasteiger partial charge < -0.3 is 5.32 Å². The highest BCUT2D eigenvalue weighted by atomic mass is 32.1. The minimum atomic E-state index is 0.680. The fraction of sp³-hybridized carbons (Fsp3) is 0.750. The lowest BCUT2D eigenvalue weighted by molar-refractivity contribution is 0.198. The van der Waals surface area contributed by atoms with E-state index < -0.39 is 0 Å². The highest BCUT2D eigenvalue weighted by molar-refractivity contribution is 7.11. The smallest absolute Gasteiger partial charge is 0.0223 e. The first-order valence-corrected chi connectivity index (χ1v) is 8.57. The molecule has 2 fully saturated rings. The lowest BCUT2D eigenvalue weighted by Gasteiger charge is -2.30. The zero-order valence-corrected chi connectivity index (χ0v) is 13.0. The van der Waals surface area contributed by atoms with Gasteiger partial charge in [-0.2, -0.15) is 0 Å². The van der Waals surface area contributed by atoms with E-state index in [0.717, 1.165) is 12.0 Å². The Morgan fingerprint density at radius 2 is 2.26 bits per heavy atom. The number of rotatable bonds is 4. The Hall–Kier alpha value is -0.380. The first-order valence-electron chi connectivity index (χ1n) is 7.75. The molecule has 1 aliphatic heterocycles. The fourth-order valence-electron chi connectivity index (χ4n) is 3.21.